The molecule has 1 aromatic heterocycles. The van der Waals surface area contributed by atoms with Crippen LogP contribution in [0.25, 0.3) is 10.9 Å². The Kier molecular flexibility index (Phi) is 4.11. The third-order valence-electron chi connectivity index (χ3n) is 3.91. The third-order valence-corrected chi connectivity index (χ3v) is 6.65. The molecule has 0 radical (unpaired) electrons. The molecule has 0 spiro atoms. The van der Waals surface area contributed by atoms with Gasteiger partial charge in [0, 0.05) is 21.4 Å². The van der Waals surface area contributed by atoms with E-state index in [0.717, 1.165) is 15.2 Å². The highest BCUT2D eigenvalue weighted by atomic mass is 32.2. The van der Waals surface area contributed by atoms with Crippen molar-refractivity contribution in [3.63, 3.8) is 0 Å². The molecule has 0 atom stereocenters. The van der Waals surface area contributed by atoms with E-state index in [1.54, 1.807) is 42.2 Å². The average Bonchev–Trinajstić information content (AvgIpc) is 3.03. The Bertz CT molecular complexity index is 1120. The monoisotopic (exact) mass is 365 g/mol. The van der Waals surface area contributed by atoms with Crippen molar-refractivity contribution >= 4 is 32.7 Å². The molecule has 0 N–H and O–H groups in total. The summed E-state index contributed by atoms with van der Waals surface area (Å²) in [5.41, 5.74) is 0.685. The molecule has 4 rings (SSSR count). The quantitative estimate of drug-likeness (QED) is 0.509. The minimum absolute atomic E-state index is 0.284. The van der Waals surface area contributed by atoms with Gasteiger partial charge in [0.05, 0.1) is 10.4 Å². The predicted molar refractivity (Wildman–Crippen MR) is 102 cm³/mol. The largest absolute Gasteiger partial charge is 0.268 e. The van der Waals surface area contributed by atoms with Crippen LogP contribution in [0.1, 0.15) is 0 Å². The molecule has 0 aliphatic carbocycles. The fourth-order valence-corrected chi connectivity index (χ4v) is 5.17. The van der Waals surface area contributed by atoms with Gasteiger partial charge >= 0.3 is 0 Å². The van der Waals surface area contributed by atoms with E-state index in [1.807, 2.05) is 60.7 Å². The van der Waals surface area contributed by atoms with E-state index in [0.29, 0.717) is 5.52 Å². The maximum atomic E-state index is 13.1. The molecule has 0 unspecified atom stereocenters. The number of fused-ring (bicyclic) bond motifs is 1. The summed E-state index contributed by atoms with van der Waals surface area (Å²) < 4.78 is 27.5. The van der Waals surface area contributed by atoms with E-state index in [2.05, 4.69) is 0 Å². The number of hydrogen-bond acceptors (Lipinski definition) is 3. The fraction of sp³-hybridized carbons (Fsp3) is 0. The van der Waals surface area contributed by atoms with Crippen molar-refractivity contribution < 1.29 is 8.42 Å². The van der Waals surface area contributed by atoms with Crippen LogP contribution in [0.15, 0.2) is 106 Å². The van der Waals surface area contributed by atoms with E-state index in [1.165, 1.54) is 3.97 Å². The van der Waals surface area contributed by atoms with Gasteiger partial charge in [-0.3, -0.25) is 0 Å². The zero-order valence-corrected chi connectivity index (χ0v) is 14.9. The van der Waals surface area contributed by atoms with Crippen LogP contribution in [0.3, 0.4) is 0 Å². The van der Waals surface area contributed by atoms with Gasteiger partial charge in [0.2, 0.25) is 0 Å². The molecule has 3 nitrogen and oxygen atoms in total. The Morgan fingerprint density at radius 1 is 0.720 bits per heavy atom. The zero-order chi connectivity index (χ0) is 17.3. The normalized spacial score (nSPS) is 11.7. The van der Waals surface area contributed by atoms with Crippen LogP contribution in [0.2, 0.25) is 0 Å². The Hall–Kier alpha value is -2.50. The standard InChI is InChI=1S/C20H15NO2S2/c22-25(23,17-11-5-2-6-12-17)21-15-20(18-13-7-8-14-19(18)21)24-16-9-3-1-4-10-16/h1-15H. The third kappa shape index (κ3) is 2.97. The molecule has 0 fully saturated rings. The van der Waals surface area contributed by atoms with Crippen molar-refractivity contribution in [2.45, 2.75) is 14.7 Å². The number of hydrogen-bond donors (Lipinski definition) is 0. The van der Waals surface area contributed by atoms with E-state index in [-0.39, 0.29) is 4.90 Å². The average molecular weight is 365 g/mol. The topological polar surface area (TPSA) is 39.1 Å². The maximum Gasteiger partial charge on any atom is 0.268 e. The first-order valence-corrected chi connectivity index (χ1v) is 10.1. The molecule has 0 aliphatic heterocycles. The molecule has 3 aromatic carbocycles. The molecule has 5 heteroatoms. The highest BCUT2D eigenvalue weighted by molar-refractivity contribution is 7.99. The van der Waals surface area contributed by atoms with Crippen LogP contribution in [0.5, 0.6) is 0 Å². The molecule has 0 aliphatic rings. The van der Waals surface area contributed by atoms with Crippen LogP contribution in [0.4, 0.5) is 0 Å². The van der Waals surface area contributed by atoms with E-state index in [4.69, 9.17) is 0 Å². The molecule has 25 heavy (non-hydrogen) atoms. The van der Waals surface area contributed by atoms with E-state index >= 15 is 0 Å². The molecule has 0 saturated heterocycles. The molecule has 0 bridgehead atoms. The Morgan fingerprint density at radius 3 is 2.04 bits per heavy atom. The summed E-state index contributed by atoms with van der Waals surface area (Å²) in [6, 6.07) is 26.0. The van der Waals surface area contributed by atoms with Crippen LogP contribution < -0.4 is 0 Å². The number of para-hydroxylation sites is 1. The van der Waals surface area contributed by atoms with Gasteiger partial charge in [0.25, 0.3) is 10.0 Å². The molecule has 0 amide bonds. The second-order valence-electron chi connectivity index (χ2n) is 5.54. The SMILES string of the molecule is O=S(=O)(c1ccccc1)n1cc(Sc2ccccc2)c2ccccc21. The highest BCUT2D eigenvalue weighted by Crippen LogP contribution is 2.36. The molecule has 4 aromatic rings. The number of aromatic nitrogens is 1. The van der Waals surface area contributed by atoms with Crippen LogP contribution in [0, 0.1) is 0 Å². The van der Waals surface area contributed by atoms with Gasteiger partial charge in [-0.15, -0.1) is 0 Å². The van der Waals surface area contributed by atoms with Gasteiger partial charge in [-0.05, 0) is 30.3 Å². The summed E-state index contributed by atoms with van der Waals surface area (Å²) in [4.78, 5) is 2.27. The van der Waals surface area contributed by atoms with Gasteiger partial charge < -0.3 is 0 Å². The van der Waals surface area contributed by atoms with Crippen LogP contribution in [-0.2, 0) is 10.0 Å². The lowest BCUT2D eigenvalue weighted by Crippen LogP contribution is -2.11. The maximum absolute atomic E-state index is 13.1. The summed E-state index contributed by atoms with van der Waals surface area (Å²) >= 11 is 1.56. The molecule has 124 valence electrons. The van der Waals surface area contributed by atoms with Gasteiger partial charge in [0.15, 0.2) is 0 Å². The molecule has 0 saturated carbocycles. The van der Waals surface area contributed by atoms with Gasteiger partial charge in [-0.25, -0.2) is 12.4 Å². The Balaban J connectivity index is 1.89. The minimum Gasteiger partial charge on any atom is -0.240 e. The van der Waals surface area contributed by atoms with Crippen molar-refractivity contribution in [1.82, 2.24) is 3.97 Å². The number of rotatable bonds is 4. The van der Waals surface area contributed by atoms with E-state index < -0.39 is 10.0 Å². The van der Waals surface area contributed by atoms with Gasteiger partial charge in [-0.2, -0.15) is 0 Å². The lowest BCUT2D eigenvalue weighted by atomic mass is 10.2. The number of nitrogens with zero attached hydrogens (tertiary/aromatic N) is 1. The zero-order valence-electron chi connectivity index (χ0n) is 13.2. The summed E-state index contributed by atoms with van der Waals surface area (Å²) in [5.74, 6) is 0. The molecular weight excluding hydrogens is 350 g/mol. The van der Waals surface area contributed by atoms with Crippen LogP contribution in [-0.4, -0.2) is 12.4 Å². The predicted octanol–water partition coefficient (Wildman–Crippen LogP) is 5.03. The van der Waals surface area contributed by atoms with Crippen molar-refractivity contribution in [3.8, 4) is 0 Å². The van der Waals surface area contributed by atoms with Crippen molar-refractivity contribution in [3.05, 3.63) is 91.1 Å². The first-order chi connectivity index (χ1) is 12.2. The second kappa shape index (κ2) is 6.43. The Morgan fingerprint density at radius 2 is 1.32 bits per heavy atom. The van der Waals surface area contributed by atoms with E-state index in [9.17, 15) is 8.42 Å². The van der Waals surface area contributed by atoms with Crippen molar-refractivity contribution in [2.24, 2.45) is 0 Å². The van der Waals surface area contributed by atoms with Crippen molar-refractivity contribution in [1.29, 1.82) is 0 Å². The second-order valence-corrected chi connectivity index (χ2v) is 8.47. The highest BCUT2D eigenvalue weighted by Gasteiger charge is 2.21. The lowest BCUT2D eigenvalue weighted by Gasteiger charge is -2.07. The lowest BCUT2D eigenvalue weighted by molar-refractivity contribution is 0.589. The minimum atomic E-state index is -3.63. The van der Waals surface area contributed by atoms with Crippen LogP contribution >= 0.6 is 11.8 Å². The first kappa shape index (κ1) is 16.0. The van der Waals surface area contributed by atoms with Gasteiger partial charge in [0.1, 0.15) is 0 Å². The van der Waals surface area contributed by atoms with Gasteiger partial charge in [-0.1, -0.05) is 66.4 Å². The Labute approximate surface area is 151 Å². The van der Waals surface area contributed by atoms with Crippen molar-refractivity contribution in [2.75, 3.05) is 0 Å². The first-order valence-electron chi connectivity index (χ1n) is 7.80. The number of benzene rings is 3. The molecule has 1 heterocycles. The smallest absolute Gasteiger partial charge is 0.240 e. The summed E-state index contributed by atoms with van der Waals surface area (Å²) in [7, 11) is -3.63. The summed E-state index contributed by atoms with van der Waals surface area (Å²) in [6.45, 7) is 0. The summed E-state index contributed by atoms with van der Waals surface area (Å²) in [5, 5.41) is 0.927. The fourth-order valence-electron chi connectivity index (χ4n) is 2.72. The molecular formula is C20H15NO2S2. The summed E-state index contributed by atoms with van der Waals surface area (Å²) in [6.07, 6.45) is 1.71.